The second kappa shape index (κ2) is 6.44. The van der Waals surface area contributed by atoms with E-state index < -0.39 is 0 Å². The molecule has 14 heavy (non-hydrogen) atoms. The number of rotatable bonds is 3. The largest absolute Gasteiger partial charge is 0.324 e. The van der Waals surface area contributed by atoms with Crippen LogP contribution < -0.4 is 5.73 Å². The van der Waals surface area contributed by atoms with Gasteiger partial charge in [0.05, 0.1) is 0 Å². The van der Waals surface area contributed by atoms with Crippen molar-refractivity contribution < 1.29 is 0 Å². The molecule has 0 unspecified atom stereocenters. The number of halogens is 2. The molecule has 3 heteroatoms. The number of hydrogen-bond acceptors (Lipinski definition) is 1. The lowest BCUT2D eigenvalue weighted by atomic mass is 10.0. The minimum atomic E-state index is 0. The molecule has 0 aromatic heterocycles. The highest BCUT2D eigenvalue weighted by molar-refractivity contribution is 9.10. The van der Waals surface area contributed by atoms with Crippen molar-refractivity contribution in [3.8, 4) is 0 Å². The first-order valence-electron chi connectivity index (χ1n) is 4.66. The standard InChI is InChI=1S/C11H16BrN.ClH/c1-3-4-11(13)9-6-5-8(2)7-10(9)12;/h5-7,11H,3-4,13H2,1-2H3;1H/t11-;/m0./s1. The zero-order valence-corrected chi connectivity index (χ0v) is 11.0. The Balaban J connectivity index is 0.00000169. The molecule has 0 aliphatic carbocycles. The van der Waals surface area contributed by atoms with Crippen LogP contribution in [0, 0.1) is 6.92 Å². The van der Waals surface area contributed by atoms with E-state index in [1.807, 2.05) is 0 Å². The van der Waals surface area contributed by atoms with Crippen LogP contribution in [0.4, 0.5) is 0 Å². The van der Waals surface area contributed by atoms with E-state index >= 15 is 0 Å². The van der Waals surface area contributed by atoms with E-state index in [-0.39, 0.29) is 18.4 Å². The van der Waals surface area contributed by atoms with E-state index in [2.05, 4.69) is 48.0 Å². The van der Waals surface area contributed by atoms with Crippen molar-refractivity contribution in [2.75, 3.05) is 0 Å². The third kappa shape index (κ3) is 3.60. The maximum absolute atomic E-state index is 6.03. The number of hydrogen-bond donors (Lipinski definition) is 1. The molecule has 0 amide bonds. The molecule has 0 radical (unpaired) electrons. The molecule has 0 spiro atoms. The fourth-order valence-corrected chi connectivity index (χ4v) is 2.19. The first kappa shape index (κ1) is 13.9. The SMILES string of the molecule is CCC[C@H](N)c1ccc(C)cc1Br.Cl. The van der Waals surface area contributed by atoms with Crippen LogP contribution in [0.5, 0.6) is 0 Å². The van der Waals surface area contributed by atoms with Gasteiger partial charge in [0.1, 0.15) is 0 Å². The van der Waals surface area contributed by atoms with Gasteiger partial charge in [0.2, 0.25) is 0 Å². The van der Waals surface area contributed by atoms with Gasteiger partial charge < -0.3 is 5.73 Å². The van der Waals surface area contributed by atoms with Crippen molar-refractivity contribution in [3.63, 3.8) is 0 Å². The molecular weight excluding hydrogens is 261 g/mol. The summed E-state index contributed by atoms with van der Waals surface area (Å²) in [6.45, 7) is 4.24. The average Bonchev–Trinajstić information content (AvgIpc) is 2.04. The zero-order valence-electron chi connectivity index (χ0n) is 8.59. The average molecular weight is 279 g/mol. The van der Waals surface area contributed by atoms with Crippen molar-refractivity contribution in [3.05, 3.63) is 33.8 Å². The van der Waals surface area contributed by atoms with E-state index in [9.17, 15) is 0 Å². The highest BCUT2D eigenvalue weighted by Crippen LogP contribution is 2.25. The van der Waals surface area contributed by atoms with E-state index in [0.29, 0.717) is 0 Å². The first-order valence-corrected chi connectivity index (χ1v) is 5.46. The monoisotopic (exact) mass is 277 g/mol. The molecule has 0 saturated carbocycles. The maximum atomic E-state index is 6.03. The Labute approximate surface area is 101 Å². The number of aryl methyl sites for hydroxylation is 1. The van der Waals surface area contributed by atoms with Crippen molar-refractivity contribution >= 4 is 28.3 Å². The van der Waals surface area contributed by atoms with E-state index in [4.69, 9.17) is 5.73 Å². The summed E-state index contributed by atoms with van der Waals surface area (Å²) < 4.78 is 1.13. The Morgan fingerprint density at radius 1 is 1.43 bits per heavy atom. The Morgan fingerprint density at radius 2 is 2.07 bits per heavy atom. The Bertz CT molecular complexity index is 289. The summed E-state index contributed by atoms with van der Waals surface area (Å²) in [7, 11) is 0. The van der Waals surface area contributed by atoms with Crippen molar-refractivity contribution in [1.82, 2.24) is 0 Å². The summed E-state index contributed by atoms with van der Waals surface area (Å²) in [5.41, 5.74) is 8.50. The van der Waals surface area contributed by atoms with Gasteiger partial charge in [-0.1, -0.05) is 41.4 Å². The molecule has 1 rings (SSSR count). The van der Waals surface area contributed by atoms with Crippen LogP contribution in [0.2, 0.25) is 0 Å². The molecular formula is C11H17BrClN. The summed E-state index contributed by atoms with van der Waals surface area (Å²) in [4.78, 5) is 0. The normalized spacial score (nSPS) is 12.0. The molecule has 0 heterocycles. The maximum Gasteiger partial charge on any atom is 0.0305 e. The van der Waals surface area contributed by atoms with E-state index in [1.54, 1.807) is 0 Å². The van der Waals surface area contributed by atoms with Crippen molar-refractivity contribution in [2.24, 2.45) is 5.73 Å². The van der Waals surface area contributed by atoms with Gasteiger partial charge in [-0.25, -0.2) is 0 Å². The highest BCUT2D eigenvalue weighted by Gasteiger charge is 2.08. The minimum absolute atomic E-state index is 0. The van der Waals surface area contributed by atoms with Gasteiger partial charge in [-0.2, -0.15) is 0 Å². The molecule has 0 bridgehead atoms. The first-order chi connectivity index (χ1) is 6.15. The molecule has 0 fully saturated rings. The number of benzene rings is 1. The van der Waals surface area contributed by atoms with Crippen LogP contribution >= 0.6 is 28.3 Å². The highest BCUT2D eigenvalue weighted by atomic mass is 79.9. The van der Waals surface area contributed by atoms with Crippen LogP contribution in [-0.4, -0.2) is 0 Å². The Kier molecular flexibility index (Phi) is 6.41. The zero-order chi connectivity index (χ0) is 9.84. The molecule has 80 valence electrons. The Hall–Kier alpha value is -0.0500. The predicted octanol–water partition coefficient (Wildman–Crippen LogP) is 3.98. The van der Waals surface area contributed by atoms with Crippen molar-refractivity contribution in [1.29, 1.82) is 0 Å². The van der Waals surface area contributed by atoms with Crippen LogP contribution in [0.3, 0.4) is 0 Å². The van der Waals surface area contributed by atoms with Gasteiger partial charge in [0, 0.05) is 10.5 Å². The fourth-order valence-electron chi connectivity index (χ4n) is 1.40. The van der Waals surface area contributed by atoms with E-state index in [0.717, 1.165) is 17.3 Å². The van der Waals surface area contributed by atoms with Crippen LogP contribution in [0.25, 0.3) is 0 Å². The summed E-state index contributed by atoms with van der Waals surface area (Å²) in [5, 5.41) is 0. The molecule has 1 nitrogen and oxygen atoms in total. The minimum Gasteiger partial charge on any atom is -0.324 e. The van der Waals surface area contributed by atoms with Crippen LogP contribution in [0.1, 0.15) is 36.9 Å². The van der Waals surface area contributed by atoms with Gasteiger partial charge in [-0.05, 0) is 30.5 Å². The van der Waals surface area contributed by atoms with Gasteiger partial charge in [0.25, 0.3) is 0 Å². The van der Waals surface area contributed by atoms with Gasteiger partial charge in [-0.3, -0.25) is 0 Å². The summed E-state index contributed by atoms with van der Waals surface area (Å²) in [5.74, 6) is 0. The third-order valence-electron chi connectivity index (χ3n) is 2.16. The molecule has 0 saturated heterocycles. The summed E-state index contributed by atoms with van der Waals surface area (Å²) >= 11 is 3.54. The third-order valence-corrected chi connectivity index (χ3v) is 2.84. The van der Waals surface area contributed by atoms with Gasteiger partial charge in [0.15, 0.2) is 0 Å². The lowest BCUT2D eigenvalue weighted by Gasteiger charge is -2.13. The second-order valence-corrected chi connectivity index (χ2v) is 4.27. The topological polar surface area (TPSA) is 26.0 Å². The fraction of sp³-hybridized carbons (Fsp3) is 0.455. The lowest BCUT2D eigenvalue weighted by molar-refractivity contribution is 0.636. The number of nitrogens with two attached hydrogens (primary N) is 1. The van der Waals surface area contributed by atoms with Crippen LogP contribution in [-0.2, 0) is 0 Å². The molecule has 0 aliphatic heterocycles. The van der Waals surface area contributed by atoms with E-state index in [1.165, 1.54) is 11.1 Å². The van der Waals surface area contributed by atoms with Gasteiger partial charge in [-0.15, -0.1) is 12.4 Å². The van der Waals surface area contributed by atoms with Crippen molar-refractivity contribution in [2.45, 2.75) is 32.7 Å². The lowest BCUT2D eigenvalue weighted by Crippen LogP contribution is -2.10. The predicted molar refractivity (Wildman–Crippen MR) is 68.0 cm³/mol. The molecule has 2 N–H and O–H groups in total. The summed E-state index contributed by atoms with van der Waals surface area (Å²) in [6.07, 6.45) is 2.17. The second-order valence-electron chi connectivity index (χ2n) is 3.42. The van der Waals surface area contributed by atoms with Crippen LogP contribution in [0.15, 0.2) is 22.7 Å². The van der Waals surface area contributed by atoms with Gasteiger partial charge >= 0.3 is 0 Å². The quantitative estimate of drug-likeness (QED) is 0.889. The molecule has 1 aromatic carbocycles. The molecule has 1 aromatic rings. The molecule has 0 aliphatic rings. The molecule has 1 atom stereocenters. The summed E-state index contributed by atoms with van der Waals surface area (Å²) in [6, 6.07) is 6.50. The Morgan fingerprint density at radius 3 is 2.57 bits per heavy atom. The smallest absolute Gasteiger partial charge is 0.0305 e.